The van der Waals surface area contributed by atoms with Crippen molar-refractivity contribution in [1.82, 2.24) is 0 Å². The number of ether oxygens (including phenoxy) is 3. The zero-order valence-corrected chi connectivity index (χ0v) is 36.5. The fourth-order valence-corrected chi connectivity index (χ4v) is 10.9. The molecule has 3 fully saturated rings. The van der Waals surface area contributed by atoms with Gasteiger partial charge in [-0.15, -0.1) is 0 Å². The Hall–Kier alpha value is -1.65. The molecule has 4 aliphatic carbocycles. The van der Waals surface area contributed by atoms with Gasteiger partial charge in [0.15, 0.2) is 6.10 Å². The molecule has 0 amide bonds. The second-order valence-electron chi connectivity index (χ2n) is 18.0. The lowest BCUT2D eigenvalue weighted by atomic mass is 9.47. The first-order valence-corrected chi connectivity index (χ1v) is 23.2. The van der Waals surface area contributed by atoms with Crippen molar-refractivity contribution >= 4 is 24.8 Å². The second-order valence-corrected chi connectivity index (χ2v) is 18.2. The number of fused-ring (bicyclic) bond motifs is 5. The highest BCUT2D eigenvalue weighted by molar-refractivity contribution is 7.75. The minimum absolute atomic E-state index is 0.0134. The van der Waals surface area contributed by atoms with Crippen LogP contribution in [-0.2, 0) is 32.9 Å². The van der Waals surface area contributed by atoms with Gasteiger partial charge in [-0.05, 0) is 126 Å². The summed E-state index contributed by atoms with van der Waals surface area (Å²) in [6.45, 7) is 9.46. The Balaban J connectivity index is 1.24. The summed E-state index contributed by atoms with van der Waals surface area (Å²) in [7, 11) is 0. The van der Waals surface area contributed by atoms with E-state index >= 15 is 0 Å². The molecule has 9 heteroatoms. The molecule has 8 nitrogen and oxygen atoms in total. The van der Waals surface area contributed by atoms with E-state index in [1.165, 1.54) is 70.6 Å². The van der Waals surface area contributed by atoms with Gasteiger partial charge in [0.2, 0.25) is 0 Å². The average Bonchev–Trinajstić information content (AvgIpc) is 3.52. The number of thiol groups is 1. The van der Waals surface area contributed by atoms with Crippen molar-refractivity contribution in [2.75, 3.05) is 13.2 Å². The van der Waals surface area contributed by atoms with Crippen LogP contribution < -0.4 is 0 Å². The summed E-state index contributed by atoms with van der Waals surface area (Å²) >= 11 is 3.63. The number of carbonyl (C=O) groups is 2. The van der Waals surface area contributed by atoms with Gasteiger partial charge in [-0.25, -0.2) is 4.89 Å². The molecule has 3 saturated carbocycles. The van der Waals surface area contributed by atoms with Crippen molar-refractivity contribution in [2.45, 2.75) is 206 Å². The smallest absolute Gasteiger partial charge is 0.306 e. The van der Waals surface area contributed by atoms with Crippen LogP contribution in [-0.4, -0.2) is 54.8 Å². The molecule has 320 valence electrons. The molecule has 1 N–H and O–H groups in total. The predicted molar refractivity (Wildman–Crippen MR) is 227 cm³/mol. The van der Waals surface area contributed by atoms with E-state index in [9.17, 15) is 9.59 Å². The van der Waals surface area contributed by atoms with Gasteiger partial charge in [0.1, 0.15) is 12.7 Å². The minimum Gasteiger partial charge on any atom is -0.463 e. The van der Waals surface area contributed by atoms with Gasteiger partial charge in [0.05, 0.1) is 18.8 Å². The second kappa shape index (κ2) is 25.1. The van der Waals surface area contributed by atoms with Gasteiger partial charge in [0.25, 0.3) is 0 Å². The largest absolute Gasteiger partial charge is 0.463 e. The fraction of sp³-hybridized carbons (Fsp3) is 0.830. The van der Waals surface area contributed by atoms with Crippen molar-refractivity contribution in [2.24, 2.45) is 28.6 Å². The standard InChI is InChI=1S/C47H78O8S/c1-5-7-9-14-17-21-37(22-18-15-12-11-13-16-20-23-44(48)51-34-39(55-50)35-52-56)53-38-29-31-46(3)36(33-38)25-26-40-41-27-28-43(47(41,4)32-30-42(40)46)54-45(49)24-19-10-8-6-2/h17-18,21-22,33,37-43,50,56H,5-16,19-20,23-32,34-35H2,1-4H3/b21-17-,22-18-/t37?,38?,39?,40-,41-,42-,43-,46-,47-/m0/s1. The number of unbranched alkanes of at least 4 members (excludes halogenated alkanes) is 11. The first kappa shape index (κ1) is 47.0. The summed E-state index contributed by atoms with van der Waals surface area (Å²) in [5, 5.41) is 8.79. The van der Waals surface area contributed by atoms with Crippen LogP contribution in [0.25, 0.3) is 0 Å². The van der Waals surface area contributed by atoms with Gasteiger partial charge in [-0.2, -0.15) is 0 Å². The summed E-state index contributed by atoms with van der Waals surface area (Å²) in [5.74, 6) is 1.85. The molecule has 9 atom stereocenters. The van der Waals surface area contributed by atoms with Gasteiger partial charge < -0.3 is 18.4 Å². The van der Waals surface area contributed by atoms with Crippen molar-refractivity contribution in [3.8, 4) is 0 Å². The molecule has 0 bridgehead atoms. The van der Waals surface area contributed by atoms with Crippen LogP contribution in [0.4, 0.5) is 0 Å². The van der Waals surface area contributed by atoms with Crippen LogP contribution in [0.5, 0.6) is 0 Å². The molecule has 0 aromatic carbocycles. The van der Waals surface area contributed by atoms with Gasteiger partial charge >= 0.3 is 11.9 Å². The Bertz CT molecular complexity index is 1250. The highest BCUT2D eigenvalue weighted by Crippen LogP contribution is 2.66. The number of carbonyl (C=O) groups excluding carboxylic acids is 2. The molecule has 0 aromatic heterocycles. The lowest BCUT2D eigenvalue weighted by Crippen LogP contribution is -2.52. The molecular weight excluding hydrogens is 725 g/mol. The summed E-state index contributed by atoms with van der Waals surface area (Å²) in [4.78, 5) is 29.0. The Morgan fingerprint density at radius 1 is 0.804 bits per heavy atom. The molecule has 0 saturated heterocycles. The molecule has 4 aliphatic rings. The fourth-order valence-electron chi connectivity index (χ4n) is 10.7. The summed E-state index contributed by atoms with van der Waals surface area (Å²) in [6, 6.07) is 0. The lowest BCUT2D eigenvalue weighted by Gasteiger charge is -2.58. The zero-order chi connectivity index (χ0) is 40.2. The van der Waals surface area contributed by atoms with Crippen LogP contribution in [0, 0.1) is 28.6 Å². The molecule has 4 rings (SSSR count). The SMILES string of the molecule is CCCCC/C=C\C(/C=C\CCCCCCCC(=O)OCC(COS)OO)OC1C=C2CC[C@H]3[C@@H]4CC[C@H](OC(=O)CCCCCC)[C@@]4(C)CC[C@@H]3[C@@]2(C)CC1. The topological polar surface area (TPSA) is 101 Å². The van der Waals surface area contributed by atoms with E-state index in [1.807, 2.05) is 0 Å². The minimum atomic E-state index is -0.729. The van der Waals surface area contributed by atoms with E-state index in [4.69, 9.17) is 19.5 Å². The van der Waals surface area contributed by atoms with Gasteiger partial charge in [-0.1, -0.05) is 115 Å². The first-order chi connectivity index (χ1) is 27.2. The third-order valence-electron chi connectivity index (χ3n) is 14.0. The van der Waals surface area contributed by atoms with Gasteiger partial charge in [0, 0.05) is 18.3 Å². The van der Waals surface area contributed by atoms with Crippen LogP contribution in [0.3, 0.4) is 0 Å². The number of allylic oxidation sites excluding steroid dienone is 3. The first-order valence-electron chi connectivity index (χ1n) is 22.8. The van der Waals surface area contributed by atoms with Crippen molar-refractivity contribution in [1.29, 1.82) is 0 Å². The Morgan fingerprint density at radius 3 is 2.18 bits per heavy atom. The van der Waals surface area contributed by atoms with E-state index in [-0.39, 0.29) is 54.3 Å². The van der Waals surface area contributed by atoms with Gasteiger partial charge in [-0.3, -0.25) is 14.8 Å². The molecule has 56 heavy (non-hydrogen) atoms. The Morgan fingerprint density at radius 2 is 1.46 bits per heavy atom. The molecule has 0 heterocycles. The number of rotatable bonds is 27. The highest BCUT2D eigenvalue weighted by Gasteiger charge is 2.60. The van der Waals surface area contributed by atoms with Crippen molar-refractivity contribution in [3.63, 3.8) is 0 Å². The average molecular weight is 803 g/mol. The number of hydrogen-bond donors (Lipinski definition) is 2. The van der Waals surface area contributed by atoms with Crippen molar-refractivity contribution < 1.29 is 38.1 Å². The molecule has 0 aromatic rings. The maximum atomic E-state index is 12.8. The maximum absolute atomic E-state index is 12.8. The monoisotopic (exact) mass is 803 g/mol. The van der Waals surface area contributed by atoms with Crippen LogP contribution in [0.15, 0.2) is 36.0 Å². The third kappa shape index (κ3) is 14.0. The number of esters is 2. The molecule has 0 spiro atoms. The highest BCUT2D eigenvalue weighted by atomic mass is 32.1. The zero-order valence-electron chi connectivity index (χ0n) is 35.6. The molecular formula is C47H78O8S. The predicted octanol–water partition coefficient (Wildman–Crippen LogP) is 12.3. The number of hydrogen-bond acceptors (Lipinski definition) is 9. The Labute approximate surface area is 345 Å². The van der Waals surface area contributed by atoms with Crippen LogP contribution in [0.1, 0.15) is 182 Å². The lowest BCUT2D eigenvalue weighted by molar-refractivity contribution is -0.289. The van der Waals surface area contributed by atoms with Crippen molar-refractivity contribution in [3.05, 3.63) is 36.0 Å². The van der Waals surface area contributed by atoms with E-state index in [0.29, 0.717) is 24.7 Å². The van der Waals surface area contributed by atoms with E-state index in [2.05, 4.69) is 80.1 Å². The summed E-state index contributed by atoms with van der Waals surface area (Å²) in [6.07, 6.45) is 36.9. The van der Waals surface area contributed by atoms with E-state index < -0.39 is 6.10 Å². The van der Waals surface area contributed by atoms with E-state index in [0.717, 1.165) is 76.5 Å². The van der Waals surface area contributed by atoms with Crippen LogP contribution in [0.2, 0.25) is 0 Å². The summed E-state index contributed by atoms with van der Waals surface area (Å²) in [5.41, 5.74) is 2.02. The normalized spacial score (nSPS) is 29.8. The third-order valence-corrected chi connectivity index (χ3v) is 14.2. The molecule has 0 aliphatic heterocycles. The quantitative estimate of drug-likeness (QED) is 0.0161. The maximum Gasteiger partial charge on any atom is 0.306 e. The van der Waals surface area contributed by atoms with Crippen LogP contribution >= 0.6 is 12.9 Å². The van der Waals surface area contributed by atoms with E-state index in [1.54, 1.807) is 5.57 Å². The molecule has 0 radical (unpaired) electrons. The summed E-state index contributed by atoms with van der Waals surface area (Å²) < 4.78 is 22.9. The Kier molecular flexibility index (Phi) is 21.1. The molecule has 3 unspecified atom stereocenters.